The van der Waals surface area contributed by atoms with Gasteiger partial charge in [0.1, 0.15) is 11.3 Å². The largest absolute Gasteiger partial charge is 0.466 e. The van der Waals surface area contributed by atoms with Gasteiger partial charge in [-0.3, -0.25) is 9.59 Å². The monoisotopic (exact) mass is 289 g/mol. The van der Waals surface area contributed by atoms with Gasteiger partial charge in [-0.05, 0) is 26.0 Å². The van der Waals surface area contributed by atoms with Crippen LogP contribution in [0.15, 0.2) is 34.7 Å². The molecule has 0 aliphatic rings. The molecule has 112 valence electrons. The SMILES string of the molecule is CCOC(=O)CCC(=O)N[C@@H](C)c1cc2ccccc2o1. The highest BCUT2D eigenvalue weighted by molar-refractivity contribution is 5.82. The van der Waals surface area contributed by atoms with Crippen molar-refractivity contribution in [2.24, 2.45) is 0 Å². The minimum absolute atomic E-state index is 0.0898. The van der Waals surface area contributed by atoms with E-state index in [-0.39, 0.29) is 30.8 Å². The molecule has 1 aromatic carbocycles. The standard InChI is InChI=1S/C16H19NO4/c1-3-20-16(19)9-8-15(18)17-11(2)14-10-12-6-4-5-7-13(12)21-14/h4-7,10-11H,3,8-9H2,1-2H3,(H,17,18)/t11-/m0/s1. The fraction of sp³-hybridized carbons (Fsp3) is 0.375. The number of hydrogen-bond acceptors (Lipinski definition) is 4. The molecule has 1 atom stereocenters. The summed E-state index contributed by atoms with van der Waals surface area (Å²) in [5.41, 5.74) is 0.792. The second-order valence-electron chi connectivity index (χ2n) is 4.78. The molecule has 0 spiro atoms. The van der Waals surface area contributed by atoms with Gasteiger partial charge in [0.25, 0.3) is 0 Å². The molecule has 0 saturated heterocycles. The molecule has 1 aromatic heterocycles. The molecule has 0 aliphatic heterocycles. The van der Waals surface area contributed by atoms with Gasteiger partial charge in [0, 0.05) is 11.8 Å². The summed E-state index contributed by atoms with van der Waals surface area (Å²) in [7, 11) is 0. The van der Waals surface area contributed by atoms with Gasteiger partial charge in [-0.2, -0.15) is 0 Å². The second-order valence-corrected chi connectivity index (χ2v) is 4.78. The van der Waals surface area contributed by atoms with Gasteiger partial charge >= 0.3 is 5.97 Å². The summed E-state index contributed by atoms with van der Waals surface area (Å²) in [5, 5.41) is 3.81. The lowest BCUT2D eigenvalue weighted by Crippen LogP contribution is -2.26. The highest BCUT2D eigenvalue weighted by Crippen LogP contribution is 2.23. The van der Waals surface area contributed by atoms with Crippen molar-refractivity contribution in [1.82, 2.24) is 5.32 Å². The first-order valence-electron chi connectivity index (χ1n) is 7.03. The van der Waals surface area contributed by atoms with Crippen molar-refractivity contribution < 1.29 is 18.7 Å². The summed E-state index contributed by atoms with van der Waals surface area (Å²) in [6, 6.07) is 9.34. The lowest BCUT2D eigenvalue weighted by Gasteiger charge is -2.11. The Hall–Kier alpha value is -2.30. The lowest BCUT2D eigenvalue weighted by atomic mass is 10.2. The van der Waals surface area contributed by atoms with Crippen molar-refractivity contribution in [3.05, 3.63) is 36.1 Å². The molecule has 5 nitrogen and oxygen atoms in total. The van der Waals surface area contributed by atoms with Gasteiger partial charge in [-0.1, -0.05) is 18.2 Å². The van der Waals surface area contributed by atoms with E-state index in [2.05, 4.69) is 5.32 Å². The molecule has 0 bridgehead atoms. The summed E-state index contributed by atoms with van der Waals surface area (Å²) in [6.07, 6.45) is 0.204. The van der Waals surface area contributed by atoms with Crippen LogP contribution in [0.3, 0.4) is 0 Å². The number of fused-ring (bicyclic) bond motifs is 1. The van der Waals surface area contributed by atoms with Crippen LogP contribution >= 0.6 is 0 Å². The highest BCUT2D eigenvalue weighted by Gasteiger charge is 2.15. The van der Waals surface area contributed by atoms with Gasteiger partial charge in [-0.15, -0.1) is 0 Å². The van der Waals surface area contributed by atoms with Gasteiger partial charge in [0.15, 0.2) is 0 Å². The molecule has 0 fully saturated rings. The van der Waals surface area contributed by atoms with Crippen LogP contribution in [0.1, 0.15) is 38.5 Å². The third kappa shape index (κ3) is 4.08. The van der Waals surface area contributed by atoms with Crippen LogP contribution in [0, 0.1) is 0 Å². The van der Waals surface area contributed by atoms with E-state index in [9.17, 15) is 9.59 Å². The summed E-state index contributed by atoms with van der Waals surface area (Å²) in [6.45, 7) is 3.91. The highest BCUT2D eigenvalue weighted by atomic mass is 16.5. The van der Waals surface area contributed by atoms with E-state index in [0.717, 1.165) is 11.0 Å². The molecule has 0 saturated carbocycles. The van der Waals surface area contributed by atoms with E-state index in [4.69, 9.17) is 9.15 Å². The summed E-state index contributed by atoms with van der Waals surface area (Å²) >= 11 is 0. The predicted octanol–water partition coefficient (Wildman–Crippen LogP) is 2.95. The molecule has 1 N–H and O–H groups in total. The summed E-state index contributed by atoms with van der Waals surface area (Å²) < 4.78 is 10.5. The fourth-order valence-electron chi connectivity index (χ4n) is 2.05. The first kappa shape index (κ1) is 15.1. The molecule has 2 aromatic rings. The number of carbonyl (C=O) groups is 2. The zero-order valence-corrected chi connectivity index (χ0v) is 12.2. The fourth-order valence-corrected chi connectivity index (χ4v) is 2.05. The van der Waals surface area contributed by atoms with E-state index in [1.54, 1.807) is 6.92 Å². The molecule has 1 amide bonds. The van der Waals surface area contributed by atoms with Gasteiger partial charge in [0.2, 0.25) is 5.91 Å². The third-order valence-corrected chi connectivity index (χ3v) is 3.11. The van der Waals surface area contributed by atoms with E-state index in [0.29, 0.717) is 12.4 Å². The third-order valence-electron chi connectivity index (χ3n) is 3.11. The lowest BCUT2D eigenvalue weighted by molar-refractivity contribution is -0.144. The number of carbonyl (C=O) groups excluding carboxylic acids is 2. The van der Waals surface area contributed by atoms with Crippen LogP contribution in [-0.2, 0) is 14.3 Å². The molecular formula is C16H19NO4. The van der Waals surface area contributed by atoms with E-state index in [1.807, 2.05) is 37.3 Å². The zero-order valence-electron chi connectivity index (χ0n) is 12.2. The molecule has 1 heterocycles. The summed E-state index contributed by atoms with van der Waals surface area (Å²) in [5.74, 6) is 0.140. The van der Waals surface area contributed by atoms with Crippen LogP contribution in [0.2, 0.25) is 0 Å². The molecule has 0 aliphatic carbocycles. The van der Waals surface area contributed by atoms with Crippen molar-refractivity contribution >= 4 is 22.8 Å². The van der Waals surface area contributed by atoms with Gasteiger partial charge in [0.05, 0.1) is 19.1 Å². The van der Waals surface area contributed by atoms with Crippen LogP contribution in [-0.4, -0.2) is 18.5 Å². The Bertz CT molecular complexity index is 599. The number of esters is 1. The van der Waals surface area contributed by atoms with Crippen LogP contribution in [0.5, 0.6) is 0 Å². The number of nitrogens with one attached hydrogen (secondary N) is 1. The Morgan fingerprint density at radius 1 is 1.29 bits per heavy atom. The minimum Gasteiger partial charge on any atom is -0.466 e. The minimum atomic E-state index is -0.357. The Kier molecular flexibility index (Phi) is 4.98. The first-order chi connectivity index (χ1) is 10.1. The van der Waals surface area contributed by atoms with Gasteiger partial charge in [-0.25, -0.2) is 0 Å². The Morgan fingerprint density at radius 3 is 2.76 bits per heavy atom. The number of benzene rings is 1. The van der Waals surface area contributed by atoms with Crippen molar-refractivity contribution in [3.63, 3.8) is 0 Å². The number of rotatable bonds is 6. The molecule has 5 heteroatoms. The average Bonchev–Trinajstić information content (AvgIpc) is 2.89. The number of hydrogen-bond donors (Lipinski definition) is 1. The van der Waals surface area contributed by atoms with Crippen LogP contribution < -0.4 is 5.32 Å². The van der Waals surface area contributed by atoms with Crippen molar-refractivity contribution in [2.75, 3.05) is 6.61 Å². The maximum Gasteiger partial charge on any atom is 0.306 e. The maximum atomic E-state index is 11.8. The summed E-state index contributed by atoms with van der Waals surface area (Å²) in [4.78, 5) is 23.0. The van der Waals surface area contributed by atoms with Gasteiger partial charge < -0.3 is 14.5 Å². The van der Waals surface area contributed by atoms with E-state index >= 15 is 0 Å². The number of para-hydroxylation sites is 1. The predicted molar refractivity (Wildman–Crippen MR) is 78.6 cm³/mol. The topological polar surface area (TPSA) is 68.5 Å². The van der Waals surface area contributed by atoms with E-state index in [1.165, 1.54) is 0 Å². The van der Waals surface area contributed by atoms with Crippen molar-refractivity contribution in [2.45, 2.75) is 32.7 Å². The average molecular weight is 289 g/mol. The van der Waals surface area contributed by atoms with Crippen LogP contribution in [0.25, 0.3) is 11.0 Å². The molecule has 0 radical (unpaired) electrons. The molecule has 21 heavy (non-hydrogen) atoms. The van der Waals surface area contributed by atoms with Crippen molar-refractivity contribution in [1.29, 1.82) is 0 Å². The molecule has 0 unspecified atom stereocenters. The maximum absolute atomic E-state index is 11.8. The Morgan fingerprint density at radius 2 is 2.05 bits per heavy atom. The number of furan rings is 1. The van der Waals surface area contributed by atoms with Crippen molar-refractivity contribution in [3.8, 4) is 0 Å². The number of ether oxygens (including phenoxy) is 1. The van der Waals surface area contributed by atoms with Crippen LogP contribution in [0.4, 0.5) is 0 Å². The quantitative estimate of drug-likeness (QED) is 0.830. The normalized spacial score (nSPS) is 12.1. The molecular weight excluding hydrogens is 270 g/mol. The molecule has 2 rings (SSSR count). The Labute approximate surface area is 123 Å². The second kappa shape index (κ2) is 6.92. The Balaban J connectivity index is 1.90. The van der Waals surface area contributed by atoms with E-state index < -0.39 is 0 Å². The zero-order chi connectivity index (χ0) is 15.2. The first-order valence-corrected chi connectivity index (χ1v) is 7.03. The number of amides is 1. The smallest absolute Gasteiger partial charge is 0.306 e.